The number of aliphatic carboxylic acids is 1. The van der Waals surface area contributed by atoms with Gasteiger partial charge in [-0.15, -0.1) is 0 Å². The molecule has 4 rings (SSSR count). The van der Waals surface area contributed by atoms with E-state index in [9.17, 15) is 24.3 Å². The third-order valence-electron chi connectivity index (χ3n) is 6.63. The third kappa shape index (κ3) is 4.27. The number of carbonyl (C=O) groups excluding carboxylic acids is 3. The first kappa shape index (κ1) is 23.5. The van der Waals surface area contributed by atoms with Crippen molar-refractivity contribution in [2.45, 2.75) is 58.2 Å². The predicted molar refractivity (Wildman–Crippen MR) is 127 cm³/mol. The van der Waals surface area contributed by atoms with Crippen molar-refractivity contribution in [3.05, 3.63) is 64.7 Å². The quantitative estimate of drug-likeness (QED) is 0.608. The van der Waals surface area contributed by atoms with Crippen LogP contribution in [0.5, 0.6) is 0 Å². The Balaban J connectivity index is 1.55. The van der Waals surface area contributed by atoms with E-state index in [1.165, 1.54) is 4.90 Å². The first-order valence-electron chi connectivity index (χ1n) is 11.5. The molecule has 0 aliphatic carbocycles. The topological polar surface area (TPSA) is 116 Å². The lowest BCUT2D eigenvalue weighted by atomic mass is 9.99. The van der Waals surface area contributed by atoms with Crippen LogP contribution in [0.3, 0.4) is 0 Å². The van der Waals surface area contributed by atoms with E-state index in [4.69, 9.17) is 0 Å². The second kappa shape index (κ2) is 9.29. The lowest BCUT2D eigenvalue weighted by Crippen LogP contribution is -2.57. The van der Waals surface area contributed by atoms with Gasteiger partial charge in [0.15, 0.2) is 0 Å². The molecule has 3 N–H and O–H groups in total. The molecular weight excluding hydrogens is 434 g/mol. The van der Waals surface area contributed by atoms with Gasteiger partial charge in [-0.25, -0.2) is 4.79 Å². The molecule has 3 atom stereocenters. The number of amides is 3. The zero-order valence-corrected chi connectivity index (χ0v) is 19.5. The molecule has 8 heteroatoms. The highest BCUT2D eigenvalue weighted by atomic mass is 16.4. The second-order valence-corrected chi connectivity index (χ2v) is 9.30. The van der Waals surface area contributed by atoms with Gasteiger partial charge in [0.05, 0.1) is 5.69 Å². The Labute approximate surface area is 198 Å². The van der Waals surface area contributed by atoms with Crippen LogP contribution >= 0.6 is 0 Å². The zero-order chi connectivity index (χ0) is 24.6. The van der Waals surface area contributed by atoms with Crippen LogP contribution in [0.1, 0.15) is 47.3 Å². The molecule has 178 valence electrons. The summed E-state index contributed by atoms with van der Waals surface area (Å²) in [5.74, 6) is -2.56. The highest BCUT2D eigenvalue weighted by molar-refractivity contribution is 6.07. The number of carboxylic acid groups (broad SMARTS) is 1. The van der Waals surface area contributed by atoms with Gasteiger partial charge in [0.1, 0.15) is 18.1 Å². The fourth-order valence-corrected chi connectivity index (χ4v) is 4.81. The van der Waals surface area contributed by atoms with Gasteiger partial charge >= 0.3 is 5.97 Å². The van der Waals surface area contributed by atoms with Crippen LogP contribution in [0.2, 0.25) is 0 Å². The summed E-state index contributed by atoms with van der Waals surface area (Å²) in [7, 11) is 0. The molecule has 0 saturated carbocycles. The first-order chi connectivity index (χ1) is 16.2. The number of anilines is 1. The van der Waals surface area contributed by atoms with Crippen LogP contribution in [-0.4, -0.2) is 46.9 Å². The molecule has 0 saturated heterocycles. The summed E-state index contributed by atoms with van der Waals surface area (Å²) in [5.41, 5.74) is 3.67. The Morgan fingerprint density at radius 2 is 1.76 bits per heavy atom. The summed E-state index contributed by atoms with van der Waals surface area (Å²) in [4.78, 5) is 52.8. The standard InChI is InChI=1S/C26H29N3O5/c1-14(2)21(28-23(30)18-10-5-4-7-15(18)3)24(31)27-19-12-11-16-8-6-9-17-13-20(26(33)34)29(22(16)17)25(19)32/h4-10,14,19-21H,11-13H2,1-3H3,(H,27,31)(H,28,30)(H,33,34)/t19-,20-,21-/m0/s1. The maximum absolute atomic E-state index is 13.5. The minimum Gasteiger partial charge on any atom is -0.480 e. The maximum atomic E-state index is 13.5. The molecule has 2 aromatic carbocycles. The minimum atomic E-state index is -1.08. The van der Waals surface area contributed by atoms with Crippen molar-refractivity contribution in [2.75, 3.05) is 4.90 Å². The largest absolute Gasteiger partial charge is 0.480 e. The number of para-hydroxylation sites is 1. The van der Waals surface area contributed by atoms with Crippen molar-refractivity contribution in [2.24, 2.45) is 5.92 Å². The molecule has 2 aromatic rings. The molecule has 2 aliphatic rings. The van der Waals surface area contributed by atoms with Crippen LogP contribution in [0, 0.1) is 12.8 Å². The van der Waals surface area contributed by atoms with Gasteiger partial charge in [-0.3, -0.25) is 19.3 Å². The van der Waals surface area contributed by atoms with E-state index in [1.54, 1.807) is 12.1 Å². The van der Waals surface area contributed by atoms with E-state index in [2.05, 4.69) is 10.6 Å². The van der Waals surface area contributed by atoms with Crippen molar-refractivity contribution < 1.29 is 24.3 Å². The Kier molecular flexibility index (Phi) is 6.41. The average molecular weight is 464 g/mol. The van der Waals surface area contributed by atoms with Gasteiger partial charge in [0, 0.05) is 12.0 Å². The normalized spacial score (nSPS) is 19.9. The summed E-state index contributed by atoms with van der Waals surface area (Å²) in [6, 6.07) is 9.99. The lowest BCUT2D eigenvalue weighted by Gasteiger charge is -2.28. The van der Waals surface area contributed by atoms with E-state index in [0.717, 1.165) is 16.7 Å². The highest BCUT2D eigenvalue weighted by Gasteiger charge is 2.44. The lowest BCUT2D eigenvalue weighted by molar-refractivity contribution is -0.140. The van der Waals surface area contributed by atoms with Crippen LogP contribution in [0.15, 0.2) is 42.5 Å². The van der Waals surface area contributed by atoms with Crippen molar-refractivity contribution in [3.8, 4) is 0 Å². The fourth-order valence-electron chi connectivity index (χ4n) is 4.81. The SMILES string of the molecule is Cc1ccccc1C(=O)N[C@H](C(=O)N[C@H]1CCc2cccc3c2N(C1=O)[C@H](C(=O)O)C3)C(C)C. The molecule has 0 bridgehead atoms. The van der Waals surface area contributed by atoms with Crippen molar-refractivity contribution in [1.82, 2.24) is 10.6 Å². The molecule has 0 spiro atoms. The number of benzene rings is 2. The molecular formula is C26H29N3O5. The predicted octanol–water partition coefficient (Wildman–Crippen LogP) is 2.22. The average Bonchev–Trinajstić information content (AvgIpc) is 3.14. The van der Waals surface area contributed by atoms with E-state index in [-0.39, 0.29) is 18.2 Å². The van der Waals surface area contributed by atoms with Crippen LogP contribution in [0.25, 0.3) is 0 Å². The number of hydrogen-bond acceptors (Lipinski definition) is 4. The van der Waals surface area contributed by atoms with Crippen LogP contribution < -0.4 is 15.5 Å². The first-order valence-corrected chi connectivity index (χ1v) is 11.5. The van der Waals surface area contributed by atoms with Gasteiger partial charge in [-0.1, -0.05) is 50.2 Å². The summed E-state index contributed by atoms with van der Waals surface area (Å²) in [6.45, 7) is 5.46. The molecule has 2 heterocycles. The van der Waals surface area contributed by atoms with Gasteiger partial charge < -0.3 is 15.7 Å². The third-order valence-corrected chi connectivity index (χ3v) is 6.63. The van der Waals surface area contributed by atoms with E-state index < -0.39 is 35.9 Å². The molecule has 34 heavy (non-hydrogen) atoms. The van der Waals surface area contributed by atoms with Crippen LogP contribution in [0.4, 0.5) is 5.69 Å². The smallest absolute Gasteiger partial charge is 0.327 e. The van der Waals surface area contributed by atoms with E-state index >= 15 is 0 Å². The van der Waals surface area contributed by atoms with Gasteiger partial charge in [0.25, 0.3) is 5.91 Å². The Hall–Kier alpha value is -3.68. The molecule has 0 radical (unpaired) electrons. The number of nitrogens with zero attached hydrogens (tertiary/aromatic N) is 1. The molecule has 3 amide bonds. The summed E-state index contributed by atoms with van der Waals surface area (Å²) < 4.78 is 0. The molecule has 0 unspecified atom stereocenters. The summed E-state index contributed by atoms with van der Waals surface area (Å²) in [6.07, 6.45) is 1.12. The highest BCUT2D eigenvalue weighted by Crippen LogP contribution is 2.39. The van der Waals surface area contributed by atoms with Gasteiger partial charge in [-0.05, 0) is 48.4 Å². The zero-order valence-electron chi connectivity index (χ0n) is 19.5. The minimum absolute atomic E-state index is 0.226. The molecule has 0 aromatic heterocycles. The number of rotatable bonds is 6. The monoisotopic (exact) mass is 463 g/mol. The molecule has 8 nitrogen and oxygen atoms in total. The van der Waals surface area contributed by atoms with Gasteiger partial charge in [-0.2, -0.15) is 0 Å². The number of aryl methyl sites for hydroxylation is 2. The van der Waals surface area contributed by atoms with Crippen molar-refractivity contribution in [3.63, 3.8) is 0 Å². The van der Waals surface area contributed by atoms with Gasteiger partial charge in [0.2, 0.25) is 11.8 Å². The van der Waals surface area contributed by atoms with Crippen LogP contribution in [-0.2, 0) is 27.2 Å². The molecule has 2 aliphatic heterocycles. The summed E-state index contributed by atoms with van der Waals surface area (Å²) >= 11 is 0. The summed E-state index contributed by atoms with van der Waals surface area (Å²) in [5, 5.41) is 15.4. The molecule has 0 fully saturated rings. The Bertz CT molecular complexity index is 1160. The van der Waals surface area contributed by atoms with Crippen molar-refractivity contribution >= 4 is 29.4 Å². The second-order valence-electron chi connectivity index (χ2n) is 9.30. The van der Waals surface area contributed by atoms with E-state index in [0.29, 0.717) is 24.1 Å². The Morgan fingerprint density at radius 1 is 1.06 bits per heavy atom. The Morgan fingerprint density at radius 3 is 2.44 bits per heavy atom. The number of carboxylic acids is 1. The maximum Gasteiger partial charge on any atom is 0.327 e. The number of carbonyl (C=O) groups is 4. The number of hydrogen-bond donors (Lipinski definition) is 3. The fraction of sp³-hybridized carbons (Fsp3) is 0.385. The number of nitrogens with one attached hydrogen (secondary N) is 2. The van der Waals surface area contributed by atoms with E-state index in [1.807, 2.05) is 51.1 Å². The van der Waals surface area contributed by atoms with Crippen molar-refractivity contribution in [1.29, 1.82) is 0 Å².